The van der Waals surface area contributed by atoms with Crippen LogP contribution in [0.15, 0.2) is 60.7 Å². The first-order chi connectivity index (χ1) is 20.9. The number of carbonyl (C=O) groups is 5. The van der Waals surface area contributed by atoms with E-state index in [1.807, 2.05) is 13.8 Å². The molecule has 3 rings (SSSR count). The first-order valence-electron chi connectivity index (χ1n) is 14.3. The van der Waals surface area contributed by atoms with Gasteiger partial charge >= 0.3 is 5.97 Å². The van der Waals surface area contributed by atoms with E-state index in [9.17, 15) is 37.5 Å². The van der Waals surface area contributed by atoms with E-state index < -0.39 is 70.0 Å². The third-order valence-corrected chi connectivity index (χ3v) is 8.31. The van der Waals surface area contributed by atoms with E-state index in [1.54, 1.807) is 60.7 Å². The van der Waals surface area contributed by atoms with Gasteiger partial charge in [0.25, 0.3) is 5.91 Å². The minimum atomic E-state index is -4.05. The monoisotopic (exact) mass is 629 g/mol. The Balaban J connectivity index is 1.59. The maximum absolute atomic E-state index is 13.3. The molecule has 2 aromatic rings. The van der Waals surface area contributed by atoms with E-state index in [0.29, 0.717) is 30.5 Å². The van der Waals surface area contributed by atoms with Crippen molar-refractivity contribution in [1.82, 2.24) is 25.6 Å². The fourth-order valence-electron chi connectivity index (χ4n) is 4.81. The number of benzene rings is 2. The van der Waals surface area contributed by atoms with Crippen LogP contribution in [-0.4, -0.2) is 85.8 Å². The molecule has 4 amide bonds. The number of carboxylic acid groups (broad SMARTS) is 1. The van der Waals surface area contributed by atoms with E-state index in [0.717, 1.165) is 0 Å². The Morgan fingerprint density at radius 1 is 0.932 bits per heavy atom. The standard InChI is InChI=1S/C30H39N5O8S/c1-20(2)16-23(28(38)31-17-24(30(40)41)34-44(42,43)19-21-10-5-3-6-11-21)33-29(39)25-14-9-15-35(25)26(36)18-32-27(37)22-12-7-4-8-13-22/h3-8,10-13,20,23-25,34H,9,14-19H2,1-2H3,(H,31,38)(H,32,37)(H,33,39)(H,40,41)/t23-,24-,25-/m0/s1. The van der Waals surface area contributed by atoms with Crippen LogP contribution in [0.5, 0.6) is 0 Å². The van der Waals surface area contributed by atoms with Crippen LogP contribution in [0.3, 0.4) is 0 Å². The van der Waals surface area contributed by atoms with Crippen LogP contribution in [0, 0.1) is 5.92 Å². The SMILES string of the molecule is CC(C)C[C@H](NC(=O)[C@@H]1CCCN1C(=O)CNC(=O)c1ccccc1)C(=O)NC[C@H](NS(=O)(=O)Cc1ccccc1)C(=O)O. The Morgan fingerprint density at radius 2 is 1.57 bits per heavy atom. The Kier molecular flexibility index (Phi) is 12.4. The van der Waals surface area contributed by atoms with Crippen molar-refractivity contribution in [3.8, 4) is 0 Å². The van der Waals surface area contributed by atoms with Crippen molar-refractivity contribution in [3.05, 3.63) is 71.8 Å². The van der Waals surface area contributed by atoms with E-state index in [2.05, 4.69) is 20.7 Å². The molecule has 1 fully saturated rings. The molecule has 13 nitrogen and oxygen atoms in total. The first-order valence-corrected chi connectivity index (χ1v) is 16.0. The molecule has 0 aliphatic carbocycles. The number of likely N-dealkylation sites (tertiary alicyclic amines) is 1. The van der Waals surface area contributed by atoms with Gasteiger partial charge in [-0.25, -0.2) is 8.42 Å². The Bertz CT molecular complexity index is 1420. The smallest absolute Gasteiger partial charge is 0.323 e. The molecule has 0 bridgehead atoms. The van der Waals surface area contributed by atoms with Crippen LogP contribution in [0.4, 0.5) is 0 Å². The number of nitrogens with one attached hydrogen (secondary N) is 4. The summed E-state index contributed by atoms with van der Waals surface area (Å²) in [7, 11) is -4.05. The summed E-state index contributed by atoms with van der Waals surface area (Å²) in [6.07, 6.45) is 1.13. The van der Waals surface area contributed by atoms with Gasteiger partial charge in [0.05, 0.1) is 12.3 Å². The lowest BCUT2D eigenvalue weighted by Crippen LogP contribution is -2.56. The van der Waals surface area contributed by atoms with Gasteiger partial charge in [-0.3, -0.25) is 24.0 Å². The number of nitrogens with zero attached hydrogens (tertiary/aromatic N) is 1. The van der Waals surface area contributed by atoms with Crippen molar-refractivity contribution in [2.75, 3.05) is 19.6 Å². The largest absolute Gasteiger partial charge is 0.480 e. The van der Waals surface area contributed by atoms with Gasteiger partial charge in [-0.05, 0) is 42.9 Å². The molecule has 14 heteroatoms. The zero-order valence-electron chi connectivity index (χ0n) is 24.7. The van der Waals surface area contributed by atoms with Crippen molar-refractivity contribution in [3.63, 3.8) is 0 Å². The lowest BCUT2D eigenvalue weighted by Gasteiger charge is -2.27. The van der Waals surface area contributed by atoms with Gasteiger partial charge in [-0.1, -0.05) is 62.4 Å². The van der Waals surface area contributed by atoms with Gasteiger partial charge in [0.1, 0.15) is 18.1 Å². The molecular weight excluding hydrogens is 590 g/mol. The van der Waals surface area contributed by atoms with Crippen LogP contribution in [0.25, 0.3) is 0 Å². The minimum Gasteiger partial charge on any atom is -0.480 e. The fourth-order valence-corrected chi connectivity index (χ4v) is 6.15. The second-order valence-electron chi connectivity index (χ2n) is 11.0. The third-order valence-electron chi connectivity index (χ3n) is 6.95. The molecule has 2 aromatic carbocycles. The highest BCUT2D eigenvalue weighted by Gasteiger charge is 2.36. The highest BCUT2D eigenvalue weighted by Crippen LogP contribution is 2.18. The van der Waals surface area contributed by atoms with Crippen LogP contribution in [0.2, 0.25) is 0 Å². The number of carbonyl (C=O) groups excluding carboxylic acids is 4. The second kappa shape index (κ2) is 16.0. The van der Waals surface area contributed by atoms with Gasteiger partial charge in [0.2, 0.25) is 27.7 Å². The van der Waals surface area contributed by atoms with E-state index in [-0.39, 0.29) is 18.9 Å². The van der Waals surface area contributed by atoms with Crippen molar-refractivity contribution in [2.45, 2.75) is 57.0 Å². The maximum Gasteiger partial charge on any atom is 0.323 e. The number of rotatable bonds is 15. The van der Waals surface area contributed by atoms with Gasteiger partial charge < -0.3 is 26.0 Å². The van der Waals surface area contributed by atoms with E-state index in [1.165, 1.54) is 4.90 Å². The molecule has 238 valence electrons. The molecule has 0 unspecified atom stereocenters. The Hall–Kier alpha value is -4.30. The number of sulfonamides is 1. The highest BCUT2D eigenvalue weighted by molar-refractivity contribution is 7.88. The molecule has 1 saturated heterocycles. The van der Waals surface area contributed by atoms with Crippen LogP contribution in [-0.2, 0) is 35.0 Å². The molecule has 5 N–H and O–H groups in total. The molecule has 0 radical (unpaired) electrons. The summed E-state index contributed by atoms with van der Waals surface area (Å²) in [6.45, 7) is 3.13. The molecule has 0 aromatic heterocycles. The summed E-state index contributed by atoms with van der Waals surface area (Å²) in [6, 6.07) is 13.1. The van der Waals surface area contributed by atoms with Crippen LogP contribution < -0.4 is 20.7 Å². The van der Waals surface area contributed by atoms with Crippen molar-refractivity contribution in [2.24, 2.45) is 5.92 Å². The number of hydrogen-bond acceptors (Lipinski definition) is 7. The fraction of sp³-hybridized carbons (Fsp3) is 0.433. The Labute approximate surface area is 256 Å². The summed E-state index contributed by atoms with van der Waals surface area (Å²) in [5.41, 5.74) is 0.860. The quantitative estimate of drug-likeness (QED) is 0.189. The van der Waals surface area contributed by atoms with Crippen LogP contribution >= 0.6 is 0 Å². The maximum atomic E-state index is 13.3. The lowest BCUT2D eigenvalue weighted by atomic mass is 10.0. The van der Waals surface area contributed by atoms with E-state index in [4.69, 9.17) is 0 Å². The second-order valence-corrected chi connectivity index (χ2v) is 12.7. The average Bonchev–Trinajstić information content (AvgIpc) is 3.48. The molecule has 44 heavy (non-hydrogen) atoms. The predicted molar refractivity (Wildman–Crippen MR) is 162 cm³/mol. The molecule has 0 saturated carbocycles. The van der Waals surface area contributed by atoms with Gasteiger partial charge in [-0.15, -0.1) is 0 Å². The number of amides is 4. The number of hydrogen-bond donors (Lipinski definition) is 5. The molecule has 0 spiro atoms. The number of carboxylic acids is 1. The average molecular weight is 630 g/mol. The molecule has 3 atom stereocenters. The van der Waals surface area contributed by atoms with Gasteiger partial charge in [-0.2, -0.15) is 4.72 Å². The summed E-state index contributed by atoms with van der Waals surface area (Å²) >= 11 is 0. The summed E-state index contributed by atoms with van der Waals surface area (Å²) in [4.78, 5) is 64.8. The van der Waals surface area contributed by atoms with Gasteiger partial charge in [0.15, 0.2) is 0 Å². The van der Waals surface area contributed by atoms with Crippen LogP contribution in [0.1, 0.15) is 49.0 Å². The first kappa shape index (κ1) is 34.2. The Morgan fingerprint density at radius 3 is 2.18 bits per heavy atom. The zero-order valence-corrected chi connectivity index (χ0v) is 25.5. The topological polar surface area (TPSA) is 191 Å². The molecular formula is C30H39N5O8S. The van der Waals surface area contributed by atoms with Crippen molar-refractivity contribution in [1.29, 1.82) is 0 Å². The normalized spacial score (nSPS) is 16.2. The summed E-state index contributed by atoms with van der Waals surface area (Å²) in [5.74, 6) is -4.06. The summed E-state index contributed by atoms with van der Waals surface area (Å²) < 4.78 is 27.3. The number of aliphatic carboxylic acids is 1. The zero-order chi connectivity index (χ0) is 32.3. The van der Waals surface area contributed by atoms with E-state index >= 15 is 0 Å². The van der Waals surface area contributed by atoms with Gasteiger partial charge in [0, 0.05) is 18.7 Å². The van der Waals surface area contributed by atoms with Crippen molar-refractivity contribution < 1.29 is 37.5 Å². The lowest BCUT2D eigenvalue weighted by molar-refractivity contribution is -0.139. The third kappa shape index (κ3) is 10.5. The molecule has 1 heterocycles. The predicted octanol–water partition coefficient (Wildman–Crippen LogP) is 0.627. The molecule has 1 aliphatic rings. The van der Waals surface area contributed by atoms with Crippen molar-refractivity contribution >= 4 is 39.6 Å². The minimum absolute atomic E-state index is 0.0415. The highest BCUT2D eigenvalue weighted by atomic mass is 32.2. The molecule has 1 aliphatic heterocycles. The summed E-state index contributed by atoms with van der Waals surface area (Å²) in [5, 5.41) is 17.3.